The lowest BCUT2D eigenvalue weighted by Crippen LogP contribution is -2.41. The molecule has 3 atom stereocenters. The van der Waals surface area contributed by atoms with Gasteiger partial charge in [0.1, 0.15) is 0 Å². The van der Waals surface area contributed by atoms with Gasteiger partial charge in [0.05, 0.1) is 0 Å². The van der Waals surface area contributed by atoms with E-state index < -0.39 is 0 Å². The lowest BCUT2D eigenvalue weighted by atomic mass is 9.89. The Balaban J connectivity index is 1.39. The third kappa shape index (κ3) is 3.29. The largest absolute Gasteiger partial charge is 0.355 e. The van der Waals surface area contributed by atoms with E-state index in [4.69, 9.17) is 0 Å². The van der Waals surface area contributed by atoms with Crippen molar-refractivity contribution in [1.29, 1.82) is 0 Å². The first-order valence-electron chi connectivity index (χ1n) is 7.93. The van der Waals surface area contributed by atoms with Crippen molar-refractivity contribution in [1.82, 2.24) is 15.5 Å². The molecule has 0 spiro atoms. The van der Waals surface area contributed by atoms with Crippen LogP contribution in [0.5, 0.6) is 0 Å². The van der Waals surface area contributed by atoms with Gasteiger partial charge in [0, 0.05) is 31.1 Å². The number of fused-ring (bicyclic) bond motifs is 2. The van der Waals surface area contributed by atoms with Gasteiger partial charge in [-0.15, -0.1) is 0 Å². The van der Waals surface area contributed by atoms with Gasteiger partial charge in [0.15, 0.2) is 0 Å². The summed E-state index contributed by atoms with van der Waals surface area (Å²) in [5, 5.41) is 6.79. The monoisotopic (exact) mass is 265 g/mol. The van der Waals surface area contributed by atoms with E-state index in [1.165, 1.54) is 45.1 Å². The zero-order valence-electron chi connectivity index (χ0n) is 12.0. The summed E-state index contributed by atoms with van der Waals surface area (Å²) in [4.78, 5) is 14.4. The molecular weight excluding hydrogens is 238 g/mol. The maximum Gasteiger partial charge on any atom is 0.220 e. The molecule has 108 valence electrons. The minimum atomic E-state index is 0.270. The van der Waals surface area contributed by atoms with Crippen LogP contribution in [0.15, 0.2) is 0 Å². The maximum absolute atomic E-state index is 12.1. The topological polar surface area (TPSA) is 44.4 Å². The minimum Gasteiger partial charge on any atom is -0.355 e. The van der Waals surface area contributed by atoms with Gasteiger partial charge >= 0.3 is 0 Å². The highest BCUT2D eigenvalue weighted by Gasteiger charge is 2.34. The van der Waals surface area contributed by atoms with E-state index in [1.807, 2.05) is 0 Å². The standard InChI is InChI=1S/C15H27N3O/c1-18-6-2-3-14(18)10-16-15(19)9-11-7-12-4-5-13(8-11)17-12/h11-14,17H,2-10H2,1H3,(H,16,19). The van der Waals surface area contributed by atoms with Crippen LogP contribution in [0.3, 0.4) is 0 Å². The van der Waals surface area contributed by atoms with E-state index in [0.717, 1.165) is 13.0 Å². The fraction of sp³-hybridized carbons (Fsp3) is 0.933. The molecule has 2 N–H and O–H groups in total. The lowest BCUT2D eigenvalue weighted by molar-refractivity contribution is -0.122. The molecule has 0 aliphatic carbocycles. The Bertz CT molecular complexity index is 321. The Hall–Kier alpha value is -0.610. The fourth-order valence-corrected chi connectivity index (χ4v) is 4.14. The van der Waals surface area contributed by atoms with E-state index in [2.05, 4.69) is 22.6 Å². The highest BCUT2D eigenvalue weighted by Crippen LogP contribution is 2.32. The van der Waals surface area contributed by atoms with Crippen molar-refractivity contribution in [2.24, 2.45) is 5.92 Å². The first kappa shape index (κ1) is 13.4. The molecule has 0 aromatic heterocycles. The Morgan fingerprint density at radius 2 is 2.00 bits per heavy atom. The second-order valence-electron chi connectivity index (χ2n) is 6.76. The Morgan fingerprint density at radius 3 is 2.63 bits per heavy atom. The number of carbonyl (C=O) groups is 1. The van der Waals surface area contributed by atoms with Gasteiger partial charge in [-0.2, -0.15) is 0 Å². The molecule has 0 radical (unpaired) electrons. The van der Waals surface area contributed by atoms with Gasteiger partial charge in [-0.1, -0.05) is 0 Å². The summed E-state index contributed by atoms with van der Waals surface area (Å²) in [7, 11) is 2.16. The number of piperidine rings is 1. The van der Waals surface area contributed by atoms with E-state index >= 15 is 0 Å². The smallest absolute Gasteiger partial charge is 0.220 e. The van der Waals surface area contributed by atoms with Crippen molar-refractivity contribution in [3.05, 3.63) is 0 Å². The van der Waals surface area contributed by atoms with Crippen molar-refractivity contribution < 1.29 is 4.79 Å². The van der Waals surface area contributed by atoms with Crippen molar-refractivity contribution in [2.75, 3.05) is 20.1 Å². The number of amides is 1. The zero-order chi connectivity index (χ0) is 13.2. The van der Waals surface area contributed by atoms with Crippen molar-refractivity contribution in [3.8, 4) is 0 Å². The van der Waals surface area contributed by atoms with Gasteiger partial charge in [0.2, 0.25) is 5.91 Å². The van der Waals surface area contributed by atoms with Gasteiger partial charge in [-0.3, -0.25) is 4.79 Å². The van der Waals surface area contributed by atoms with Crippen LogP contribution in [0.1, 0.15) is 44.9 Å². The second-order valence-corrected chi connectivity index (χ2v) is 6.76. The Morgan fingerprint density at radius 1 is 1.26 bits per heavy atom. The SMILES string of the molecule is CN1CCCC1CNC(=O)CC1CC2CCC(C1)N2. The van der Waals surface area contributed by atoms with Crippen molar-refractivity contribution in [3.63, 3.8) is 0 Å². The Kier molecular flexibility index (Phi) is 4.08. The molecule has 0 saturated carbocycles. The fourth-order valence-electron chi connectivity index (χ4n) is 4.14. The van der Waals surface area contributed by atoms with Crippen LogP contribution in [-0.4, -0.2) is 49.1 Å². The molecule has 0 aromatic carbocycles. The van der Waals surface area contributed by atoms with Gasteiger partial charge in [0.25, 0.3) is 0 Å². The van der Waals surface area contributed by atoms with Crippen LogP contribution in [0, 0.1) is 5.92 Å². The lowest BCUT2D eigenvalue weighted by Gasteiger charge is -2.29. The number of hydrogen-bond donors (Lipinski definition) is 2. The van der Waals surface area contributed by atoms with Crippen LogP contribution in [0.25, 0.3) is 0 Å². The molecule has 4 heteroatoms. The molecule has 3 rings (SSSR count). The maximum atomic E-state index is 12.1. The summed E-state index contributed by atoms with van der Waals surface area (Å²) in [6.45, 7) is 2.02. The predicted molar refractivity (Wildman–Crippen MR) is 75.9 cm³/mol. The summed E-state index contributed by atoms with van der Waals surface area (Å²) in [6, 6.07) is 1.95. The number of nitrogens with one attached hydrogen (secondary N) is 2. The molecular formula is C15H27N3O. The molecule has 2 bridgehead atoms. The van der Waals surface area contributed by atoms with Gasteiger partial charge in [-0.05, 0) is 58.0 Å². The molecule has 3 heterocycles. The average molecular weight is 265 g/mol. The van der Waals surface area contributed by atoms with Crippen LogP contribution >= 0.6 is 0 Å². The summed E-state index contributed by atoms with van der Waals surface area (Å²) < 4.78 is 0. The van der Waals surface area contributed by atoms with Crippen LogP contribution in [0.4, 0.5) is 0 Å². The molecule has 3 saturated heterocycles. The average Bonchev–Trinajstić information content (AvgIpc) is 2.93. The van der Waals surface area contributed by atoms with E-state index in [9.17, 15) is 4.79 Å². The van der Waals surface area contributed by atoms with E-state index in [-0.39, 0.29) is 5.91 Å². The zero-order valence-corrected chi connectivity index (χ0v) is 12.0. The number of rotatable bonds is 4. The third-order valence-corrected chi connectivity index (χ3v) is 5.25. The molecule has 3 aliphatic heterocycles. The normalized spacial score (nSPS) is 38.6. The number of likely N-dealkylation sites (tertiary alicyclic amines) is 1. The van der Waals surface area contributed by atoms with Crippen LogP contribution in [-0.2, 0) is 4.79 Å². The summed E-state index contributed by atoms with van der Waals surface area (Å²) in [5.74, 6) is 0.881. The first-order chi connectivity index (χ1) is 9.20. The quantitative estimate of drug-likeness (QED) is 0.800. The number of carbonyl (C=O) groups excluding carboxylic acids is 1. The van der Waals surface area contributed by atoms with Gasteiger partial charge in [-0.25, -0.2) is 0 Å². The molecule has 1 amide bonds. The van der Waals surface area contributed by atoms with Crippen molar-refractivity contribution >= 4 is 5.91 Å². The van der Waals surface area contributed by atoms with Crippen LogP contribution < -0.4 is 10.6 Å². The number of hydrogen-bond acceptors (Lipinski definition) is 3. The van der Waals surface area contributed by atoms with Crippen LogP contribution in [0.2, 0.25) is 0 Å². The molecule has 3 aliphatic rings. The number of likely N-dealkylation sites (N-methyl/N-ethyl adjacent to an activating group) is 1. The molecule has 3 unspecified atom stereocenters. The first-order valence-corrected chi connectivity index (χ1v) is 7.93. The van der Waals surface area contributed by atoms with Crippen molar-refractivity contribution in [2.45, 2.75) is 63.1 Å². The highest BCUT2D eigenvalue weighted by atomic mass is 16.1. The number of nitrogens with zero attached hydrogens (tertiary/aromatic N) is 1. The van der Waals surface area contributed by atoms with Gasteiger partial charge < -0.3 is 15.5 Å². The molecule has 4 nitrogen and oxygen atoms in total. The highest BCUT2D eigenvalue weighted by molar-refractivity contribution is 5.76. The summed E-state index contributed by atoms with van der Waals surface area (Å²) >= 11 is 0. The second kappa shape index (κ2) is 5.80. The Labute approximate surface area is 116 Å². The molecule has 19 heavy (non-hydrogen) atoms. The minimum absolute atomic E-state index is 0.270. The molecule has 3 fully saturated rings. The third-order valence-electron chi connectivity index (χ3n) is 5.25. The predicted octanol–water partition coefficient (Wildman–Crippen LogP) is 1.12. The van der Waals surface area contributed by atoms with E-state index in [0.29, 0.717) is 24.0 Å². The molecule has 0 aromatic rings. The summed E-state index contributed by atoms with van der Waals surface area (Å²) in [5.41, 5.74) is 0. The summed E-state index contributed by atoms with van der Waals surface area (Å²) in [6.07, 6.45) is 8.28. The van der Waals surface area contributed by atoms with E-state index in [1.54, 1.807) is 0 Å².